The molecule has 1 heterocycles. The van der Waals surface area contributed by atoms with Crippen molar-refractivity contribution in [1.82, 2.24) is 4.90 Å². The van der Waals surface area contributed by atoms with Gasteiger partial charge in [0.2, 0.25) is 0 Å². The van der Waals surface area contributed by atoms with E-state index in [9.17, 15) is 0 Å². The molecular formula is C13H26N2. The van der Waals surface area contributed by atoms with Crippen LogP contribution >= 0.6 is 0 Å². The number of aliphatic imine (C=N–C) groups is 1. The van der Waals surface area contributed by atoms with Crippen LogP contribution in [0.1, 0.15) is 58.3 Å². The van der Waals surface area contributed by atoms with Crippen LogP contribution in [0.25, 0.3) is 0 Å². The van der Waals surface area contributed by atoms with Gasteiger partial charge in [-0.3, -0.25) is 4.99 Å². The second kappa shape index (κ2) is 7.72. The molecule has 0 aliphatic carbocycles. The zero-order valence-electron chi connectivity index (χ0n) is 10.5. The van der Waals surface area contributed by atoms with Crippen LogP contribution in [0.4, 0.5) is 0 Å². The first kappa shape index (κ1) is 12.5. The molecule has 0 amide bonds. The quantitative estimate of drug-likeness (QED) is 0.587. The van der Waals surface area contributed by atoms with E-state index < -0.39 is 0 Å². The smallest absolute Gasteiger partial charge is 0.0986 e. The zero-order valence-corrected chi connectivity index (χ0v) is 10.5. The molecule has 0 aromatic heterocycles. The van der Waals surface area contributed by atoms with Crippen molar-refractivity contribution in [1.29, 1.82) is 0 Å². The standard InChI is InChI=1S/C13H26N2/c1-3-4-5-6-7-8-10-13-14-11-9-12-15(13)2/h3-12H2,1-2H3. The van der Waals surface area contributed by atoms with E-state index in [1.54, 1.807) is 0 Å². The van der Waals surface area contributed by atoms with Gasteiger partial charge in [0.05, 0.1) is 5.84 Å². The van der Waals surface area contributed by atoms with Crippen LogP contribution in [0.5, 0.6) is 0 Å². The van der Waals surface area contributed by atoms with Gasteiger partial charge in [-0.1, -0.05) is 39.0 Å². The van der Waals surface area contributed by atoms with Gasteiger partial charge in [0.1, 0.15) is 0 Å². The molecular weight excluding hydrogens is 184 g/mol. The van der Waals surface area contributed by atoms with Gasteiger partial charge in [-0.2, -0.15) is 0 Å². The van der Waals surface area contributed by atoms with Gasteiger partial charge in [-0.25, -0.2) is 0 Å². The van der Waals surface area contributed by atoms with Crippen LogP contribution in [-0.2, 0) is 0 Å². The minimum Gasteiger partial charge on any atom is -0.363 e. The van der Waals surface area contributed by atoms with Crippen LogP contribution in [0.3, 0.4) is 0 Å². The van der Waals surface area contributed by atoms with Crippen LogP contribution in [0.2, 0.25) is 0 Å². The fourth-order valence-electron chi connectivity index (χ4n) is 2.10. The van der Waals surface area contributed by atoms with E-state index in [1.165, 1.54) is 63.7 Å². The number of amidine groups is 1. The third kappa shape index (κ3) is 5.19. The second-order valence-electron chi connectivity index (χ2n) is 4.59. The molecule has 1 aliphatic heterocycles. The molecule has 88 valence electrons. The molecule has 0 saturated heterocycles. The van der Waals surface area contributed by atoms with Crippen molar-refractivity contribution in [3.05, 3.63) is 0 Å². The number of nitrogens with zero attached hydrogens (tertiary/aromatic N) is 2. The van der Waals surface area contributed by atoms with Crippen molar-refractivity contribution in [2.45, 2.75) is 58.3 Å². The lowest BCUT2D eigenvalue weighted by atomic mass is 10.1. The molecule has 0 unspecified atom stereocenters. The minimum atomic E-state index is 1.05. The molecule has 0 fully saturated rings. The van der Waals surface area contributed by atoms with Crippen molar-refractivity contribution in [3.8, 4) is 0 Å². The Balaban J connectivity index is 2.01. The first-order chi connectivity index (χ1) is 7.34. The van der Waals surface area contributed by atoms with Crippen molar-refractivity contribution in [3.63, 3.8) is 0 Å². The second-order valence-corrected chi connectivity index (χ2v) is 4.59. The van der Waals surface area contributed by atoms with Crippen molar-refractivity contribution < 1.29 is 0 Å². The van der Waals surface area contributed by atoms with E-state index in [0.29, 0.717) is 0 Å². The Morgan fingerprint density at radius 2 is 1.87 bits per heavy atom. The van der Waals surface area contributed by atoms with E-state index in [2.05, 4.69) is 23.9 Å². The molecule has 0 radical (unpaired) electrons. The van der Waals surface area contributed by atoms with Gasteiger partial charge in [-0.15, -0.1) is 0 Å². The summed E-state index contributed by atoms with van der Waals surface area (Å²) in [6.45, 7) is 4.52. The van der Waals surface area contributed by atoms with Crippen molar-refractivity contribution in [2.75, 3.05) is 20.1 Å². The van der Waals surface area contributed by atoms with Crippen LogP contribution < -0.4 is 0 Å². The molecule has 0 aromatic carbocycles. The van der Waals surface area contributed by atoms with Crippen LogP contribution in [-0.4, -0.2) is 30.9 Å². The summed E-state index contributed by atoms with van der Waals surface area (Å²) in [5.74, 6) is 1.34. The Hall–Kier alpha value is -0.530. The normalized spacial score (nSPS) is 16.7. The van der Waals surface area contributed by atoms with Crippen molar-refractivity contribution >= 4 is 5.84 Å². The first-order valence-corrected chi connectivity index (χ1v) is 6.59. The summed E-state index contributed by atoms with van der Waals surface area (Å²) in [4.78, 5) is 6.92. The molecule has 1 rings (SSSR count). The summed E-state index contributed by atoms with van der Waals surface area (Å²) in [5.41, 5.74) is 0. The van der Waals surface area contributed by atoms with E-state index in [0.717, 1.165) is 6.54 Å². The van der Waals surface area contributed by atoms with E-state index in [-0.39, 0.29) is 0 Å². The van der Waals surface area contributed by atoms with E-state index >= 15 is 0 Å². The largest absolute Gasteiger partial charge is 0.363 e. The maximum atomic E-state index is 4.59. The molecule has 1 aliphatic rings. The molecule has 0 N–H and O–H groups in total. The number of hydrogen-bond acceptors (Lipinski definition) is 2. The third-order valence-electron chi connectivity index (χ3n) is 3.14. The third-order valence-corrected chi connectivity index (χ3v) is 3.14. The maximum Gasteiger partial charge on any atom is 0.0986 e. The summed E-state index contributed by atoms with van der Waals surface area (Å²) < 4.78 is 0. The minimum absolute atomic E-state index is 1.05. The monoisotopic (exact) mass is 210 g/mol. The lowest BCUT2D eigenvalue weighted by Crippen LogP contribution is -2.31. The van der Waals surface area contributed by atoms with Crippen molar-refractivity contribution in [2.24, 2.45) is 4.99 Å². The Morgan fingerprint density at radius 1 is 1.13 bits per heavy atom. The van der Waals surface area contributed by atoms with Crippen LogP contribution in [0, 0.1) is 0 Å². The molecule has 2 heteroatoms. The Labute approximate surface area is 94.8 Å². The van der Waals surface area contributed by atoms with Gasteiger partial charge < -0.3 is 4.90 Å². The first-order valence-electron chi connectivity index (χ1n) is 6.59. The van der Waals surface area contributed by atoms with E-state index in [4.69, 9.17) is 0 Å². The average Bonchev–Trinajstić information content (AvgIpc) is 2.25. The molecule has 0 aromatic rings. The summed E-state index contributed by atoms with van der Waals surface area (Å²) in [5, 5.41) is 0. The predicted molar refractivity (Wildman–Crippen MR) is 67.5 cm³/mol. The lowest BCUT2D eigenvalue weighted by molar-refractivity contribution is 0.451. The number of unbranched alkanes of at least 4 members (excludes halogenated alkanes) is 5. The summed E-state index contributed by atoms with van der Waals surface area (Å²) in [6, 6.07) is 0. The van der Waals surface area contributed by atoms with Crippen LogP contribution in [0.15, 0.2) is 4.99 Å². The fraction of sp³-hybridized carbons (Fsp3) is 0.923. The molecule has 0 spiro atoms. The maximum absolute atomic E-state index is 4.59. The fourth-order valence-corrected chi connectivity index (χ4v) is 2.10. The Kier molecular flexibility index (Phi) is 6.45. The molecule has 0 atom stereocenters. The average molecular weight is 210 g/mol. The highest BCUT2D eigenvalue weighted by atomic mass is 15.2. The Morgan fingerprint density at radius 3 is 2.60 bits per heavy atom. The van der Waals surface area contributed by atoms with Gasteiger partial charge in [-0.05, 0) is 12.8 Å². The lowest BCUT2D eigenvalue weighted by Gasteiger charge is -2.25. The highest BCUT2D eigenvalue weighted by Crippen LogP contribution is 2.10. The Bertz CT molecular complexity index is 187. The van der Waals surface area contributed by atoms with Gasteiger partial charge in [0, 0.05) is 26.6 Å². The van der Waals surface area contributed by atoms with Gasteiger partial charge in [0.15, 0.2) is 0 Å². The van der Waals surface area contributed by atoms with Gasteiger partial charge in [0.25, 0.3) is 0 Å². The highest BCUT2D eigenvalue weighted by Gasteiger charge is 2.09. The predicted octanol–water partition coefficient (Wildman–Crippen LogP) is 3.47. The molecule has 2 nitrogen and oxygen atoms in total. The molecule has 0 bridgehead atoms. The molecule has 0 saturated carbocycles. The number of rotatable bonds is 7. The summed E-state index contributed by atoms with van der Waals surface area (Å²) >= 11 is 0. The summed E-state index contributed by atoms with van der Waals surface area (Å²) in [6.07, 6.45) is 10.7. The molecule has 15 heavy (non-hydrogen) atoms. The van der Waals surface area contributed by atoms with Gasteiger partial charge >= 0.3 is 0 Å². The SMILES string of the molecule is CCCCCCCCC1=NCCCN1C. The van der Waals surface area contributed by atoms with E-state index in [1.807, 2.05) is 0 Å². The summed E-state index contributed by atoms with van der Waals surface area (Å²) in [7, 11) is 2.18. The zero-order chi connectivity index (χ0) is 10.9. The number of hydrogen-bond donors (Lipinski definition) is 0. The topological polar surface area (TPSA) is 15.6 Å². The highest BCUT2D eigenvalue weighted by molar-refractivity contribution is 5.82.